The lowest BCUT2D eigenvalue weighted by Crippen LogP contribution is -2.26. The first kappa shape index (κ1) is 17.3. The number of carbonyl (C=O) groups is 1. The van der Waals surface area contributed by atoms with Gasteiger partial charge in [0.05, 0.1) is 12.6 Å². The van der Waals surface area contributed by atoms with Crippen molar-refractivity contribution < 1.29 is 13.9 Å². The largest absolute Gasteiger partial charge is 0.494 e. The SMILES string of the molecule is C[C@@H](NC(=O)CCCOc1ccc(Cl)cc1)c1ccc(F)cc1. The van der Waals surface area contributed by atoms with Crippen molar-refractivity contribution in [1.82, 2.24) is 5.32 Å². The Morgan fingerprint density at radius 2 is 1.83 bits per heavy atom. The molecule has 0 radical (unpaired) electrons. The van der Waals surface area contributed by atoms with Crippen molar-refractivity contribution in [3.05, 3.63) is 64.9 Å². The molecule has 0 aromatic heterocycles. The Kier molecular flexibility index (Phi) is 6.41. The molecule has 0 saturated carbocycles. The second-order valence-corrected chi connectivity index (χ2v) is 5.68. The zero-order valence-electron chi connectivity index (χ0n) is 12.9. The number of nitrogens with one attached hydrogen (secondary N) is 1. The fourth-order valence-electron chi connectivity index (χ4n) is 2.10. The van der Waals surface area contributed by atoms with Gasteiger partial charge in [-0.25, -0.2) is 4.39 Å². The summed E-state index contributed by atoms with van der Waals surface area (Å²) < 4.78 is 18.4. The van der Waals surface area contributed by atoms with Gasteiger partial charge in [0.25, 0.3) is 0 Å². The predicted molar refractivity (Wildman–Crippen MR) is 89.1 cm³/mol. The van der Waals surface area contributed by atoms with Gasteiger partial charge in [0.1, 0.15) is 11.6 Å². The Morgan fingerprint density at radius 1 is 1.17 bits per heavy atom. The quantitative estimate of drug-likeness (QED) is 0.756. The highest BCUT2D eigenvalue weighted by Gasteiger charge is 2.09. The van der Waals surface area contributed by atoms with E-state index in [9.17, 15) is 9.18 Å². The number of ether oxygens (including phenoxy) is 1. The summed E-state index contributed by atoms with van der Waals surface area (Å²) in [4.78, 5) is 11.9. The van der Waals surface area contributed by atoms with Gasteiger partial charge in [-0.05, 0) is 55.3 Å². The maximum absolute atomic E-state index is 12.9. The molecule has 0 heterocycles. The minimum atomic E-state index is -0.286. The normalized spacial score (nSPS) is 11.8. The number of benzene rings is 2. The van der Waals surface area contributed by atoms with Gasteiger partial charge < -0.3 is 10.1 Å². The third-order valence-electron chi connectivity index (χ3n) is 3.38. The molecule has 0 aliphatic carbocycles. The molecule has 23 heavy (non-hydrogen) atoms. The van der Waals surface area contributed by atoms with E-state index in [1.165, 1.54) is 12.1 Å². The van der Waals surface area contributed by atoms with Crippen LogP contribution in [-0.2, 0) is 4.79 Å². The number of hydrogen-bond donors (Lipinski definition) is 1. The predicted octanol–water partition coefficient (Wildman–Crippen LogP) is 4.52. The number of halogens is 2. The van der Waals surface area contributed by atoms with Crippen LogP contribution in [0.5, 0.6) is 5.75 Å². The van der Waals surface area contributed by atoms with Crippen molar-refractivity contribution >= 4 is 17.5 Å². The van der Waals surface area contributed by atoms with E-state index >= 15 is 0 Å². The summed E-state index contributed by atoms with van der Waals surface area (Å²) in [5.74, 6) is 0.391. The molecule has 1 N–H and O–H groups in total. The van der Waals surface area contributed by atoms with E-state index in [1.54, 1.807) is 36.4 Å². The molecule has 0 spiro atoms. The highest BCUT2D eigenvalue weighted by atomic mass is 35.5. The Balaban J connectivity index is 1.68. The third kappa shape index (κ3) is 5.91. The van der Waals surface area contributed by atoms with Gasteiger partial charge in [-0.1, -0.05) is 23.7 Å². The third-order valence-corrected chi connectivity index (χ3v) is 3.63. The zero-order valence-corrected chi connectivity index (χ0v) is 13.6. The summed E-state index contributed by atoms with van der Waals surface area (Å²) in [6.45, 7) is 2.33. The molecular weight excluding hydrogens is 317 g/mol. The van der Waals surface area contributed by atoms with Crippen LogP contribution >= 0.6 is 11.6 Å². The van der Waals surface area contributed by atoms with Gasteiger partial charge in [-0.3, -0.25) is 4.79 Å². The van der Waals surface area contributed by atoms with E-state index in [2.05, 4.69) is 5.32 Å². The van der Waals surface area contributed by atoms with Crippen LogP contribution in [0.4, 0.5) is 4.39 Å². The van der Waals surface area contributed by atoms with Crippen molar-refractivity contribution in [2.75, 3.05) is 6.61 Å². The molecule has 2 rings (SSSR count). The average molecular weight is 336 g/mol. The van der Waals surface area contributed by atoms with Gasteiger partial charge in [-0.2, -0.15) is 0 Å². The first-order valence-electron chi connectivity index (χ1n) is 7.48. The number of amides is 1. The van der Waals surface area contributed by atoms with Crippen molar-refractivity contribution in [3.8, 4) is 5.75 Å². The van der Waals surface area contributed by atoms with Gasteiger partial charge >= 0.3 is 0 Å². The fraction of sp³-hybridized carbons (Fsp3) is 0.278. The molecule has 0 bridgehead atoms. The fourth-order valence-corrected chi connectivity index (χ4v) is 2.23. The van der Waals surface area contributed by atoms with Crippen molar-refractivity contribution in [2.45, 2.75) is 25.8 Å². The van der Waals surface area contributed by atoms with Crippen LogP contribution in [0.15, 0.2) is 48.5 Å². The summed E-state index contributed by atoms with van der Waals surface area (Å²) in [5.41, 5.74) is 0.872. The van der Waals surface area contributed by atoms with E-state index in [0.29, 0.717) is 24.5 Å². The Labute approximate surface area is 140 Å². The van der Waals surface area contributed by atoms with Gasteiger partial charge in [0, 0.05) is 11.4 Å². The molecule has 2 aromatic rings. The second kappa shape index (κ2) is 8.53. The minimum Gasteiger partial charge on any atom is -0.494 e. The van der Waals surface area contributed by atoms with Gasteiger partial charge in [0.15, 0.2) is 0 Å². The maximum atomic E-state index is 12.9. The summed E-state index contributed by atoms with van der Waals surface area (Å²) in [6, 6.07) is 13.1. The van der Waals surface area contributed by atoms with Crippen LogP contribution in [-0.4, -0.2) is 12.5 Å². The molecule has 2 aromatic carbocycles. The molecular formula is C18H19ClFNO2. The highest BCUT2D eigenvalue weighted by molar-refractivity contribution is 6.30. The van der Waals surface area contributed by atoms with Crippen molar-refractivity contribution in [1.29, 1.82) is 0 Å². The molecule has 0 fully saturated rings. The lowest BCUT2D eigenvalue weighted by molar-refractivity contribution is -0.121. The van der Waals surface area contributed by atoms with Crippen LogP contribution in [0, 0.1) is 5.82 Å². The molecule has 122 valence electrons. The smallest absolute Gasteiger partial charge is 0.220 e. The van der Waals surface area contributed by atoms with E-state index in [-0.39, 0.29) is 17.8 Å². The topological polar surface area (TPSA) is 38.3 Å². The minimum absolute atomic E-state index is 0.0541. The van der Waals surface area contributed by atoms with Crippen molar-refractivity contribution in [3.63, 3.8) is 0 Å². The summed E-state index contributed by atoms with van der Waals surface area (Å²) in [6.07, 6.45) is 0.990. The molecule has 0 aliphatic heterocycles. The van der Waals surface area contributed by atoms with Gasteiger partial charge in [-0.15, -0.1) is 0 Å². The summed E-state index contributed by atoms with van der Waals surface area (Å²) in [5, 5.41) is 3.55. The second-order valence-electron chi connectivity index (χ2n) is 5.25. The standard InChI is InChI=1S/C18H19ClFNO2/c1-13(14-4-8-16(20)9-5-14)21-18(22)3-2-12-23-17-10-6-15(19)7-11-17/h4-11,13H,2-3,12H2,1H3,(H,21,22)/t13-/m1/s1. The number of hydrogen-bond acceptors (Lipinski definition) is 2. The molecule has 0 unspecified atom stereocenters. The Bertz CT molecular complexity index is 628. The molecule has 0 aliphatic rings. The maximum Gasteiger partial charge on any atom is 0.220 e. The van der Waals surface area contributed by atoms with Crippen LogP contribution in [0.3, 0.4) is 0 Å². The molecule has 5 heteroatoms. The molecule has 1 atom stereocenters. The number of rotatable bonds is 7. The first-order chi connectivity index (χ1) is 11.0. The summed E-state index contributed by atoms with van der Waals surface area (Å²) in [7, 11) is 0. The lowest BCUT2D eigenvalue weighted by atomic mass is 10.1. The zero-order chi connectivity index (χ0) is 16.7. The van der Waals surface area contributed by atoms with E-state index < -0.39 is 0 Å². The van der Waals surface area contributed by atoms with Crippen molar-refractivity contribution in [2.24, 2.45) is 0 Å². The van der Waals surface area contributed by atoms with E-state index in [1.807, 2.05) is 6.92 Å². The van der Waals surface area contributed by atoms with Gasteiger partial charge in [0.2, 0.25) is 5.91 Å². The van der Waals surface area contributed by atoms with E-state index in [0.717, 1.165) is 11.3 Å². The molecule has 0 saturated heterocycles. The Hall–Kier alpha value is -2.07. The van der Waals surface area contributed by atoms with E-state index in [4.69, 9.17) is 16.3 Å². The molecule has 3 nitrogen and oxygen atoms in total. The number of carbonyl (C=O) groups excluding carboxylic acids is 1. The lowest BCUT2D eigenvalue weighted by Gasteiger charge is -2.14. The van der Waals surface area contributed by atoms with Crippen LogP contribution in [0.25, 0.3) is 0 Å². The highest BCUT2D eigenvalue weighted by Crippen LogP contribution is 2.16. The molecule has 1 amide bonds. The average Bonchev–Trinajstić information content (AvgIpc) is 2.54. The summed E-state index contributed by atoms with van der Waals surface area (Å²) >= 11 is 5.79. The monoisotopic (exact) mass is 335 g/mol. The van der Waals surface area contributed by atoms with Crippen LogP contribution < -0.4 is 10.1 Å². The Morgan fingerprint density at radius 3 is 2.48 bits per heavy atom. The van der Waals surface area contributed by atoms with Crippen LogP contribution in [0.1, 0.15) is 31.4 Å². The first-order valence-corrected chi connectivity index (χ1v) is 7.85. The van der Waals surface area contributed by atoms with Crippen LogP contribution in [0.2, 0.25) is 5.02 Å².